The largest absolute Gasteiger partial charge is 0.494 e. The van der Waals surface area contributed by atoms with E-state index in [9.17, 15) is 4.79 Å². The van der Waals surface area contributed by atoms with Crippen molar-refractivity contribution in [2.24, 2.45) is 5.73 Å². The molecule has 0 radical (unpaired) electrons. The minimum Gasteiger partial charge on any atom is -0.494 e. The second-order valence-electron chi connectivity index (χ2n) is 4.72. The molecular weight excluding hydrogens is 244 g/mol. The molecule has 19 heavy (non-hydrogen) atoms. The van der Waals surface area contributed by atoms with E-state index in [0.717, 1.165) is 6.42 Å². The summed E-state index contributed by atoms with van der Waals surface area (Å²) in [7, 11) is 1.79. The van der Waals surface area contributed by atoms with Gasteiger partial charge in [-0.15, -0.1) is 0 Å². The Morgan fingerprint density at radius 2 is 2.32 bits per heavy atom. The predicted octanol–water partition coefficient (Wildman–Crippen LogP) is 1.27. The maximum atomic E-state index is 12.3. The smallest absolute Gasteiger partial charge is 0.257 e. The van der Waals surface area contributed by atoms with E-state index in [1.807, 2.05) is 13.0 Å². The molecule has 1 aliphatic heterocycles. The van der Waals surface area contributed by atoms with Crippen LogP contribution in [-0.4, -0.2) is 43.7 Å². The monoisotopic (exact) mass is 264 g/mol. The average molecular weight is 264 g/mol. The number of hydrogen-bond donors (Lipinski definition) is 1. The summed E-state index contributed by atoms with van der Waals surface area (Å²) in [5.74, 6) is 1.25. The van der Waals surface area contributed by atoms with Gasteiger partial charge in [0.15, 0.2) is 0 Å². The van der Waals surface area contributed by atoms with Crippen LogP contribution in [0.15, 0.2) is 18.2 Å². The first-order valence-electron chi connectivity index (χ1n) is 6.50. The summed E-state index contributed by atoms with van der Waals surface area (Å²) in [5, 5.41) is 0. The van der Waals surface area contributed by atoms with Gasteiger partial charge in [0.2, 0.25) is 0 Å². The molecule has 104 valence electrons. The molecular formula is C14H20N2O3. The first kappa shape index (κ1) is 13.7. The molecule has 0 aliphatic carbocycles. The van der Waals surface area contributed by atoms with Gasteiger partial charge in [0, 0.05) is 7.05 Å². The third kappa shape index (κ3) is 2.98. The van der Waals surface area contributed by atoms with E-state index < -0.39 is 0 Å². The van der Waals surface area contributed by atoms with E-state index in [0.29, 0.717) is 36.8 Å². The molecule has 0 saturated heterocycles. The molecule has 2 rings (SSSR count). The van der Waals surface area contributed by atoms with Crippen LogP contribution in [0.5, 0.6) is 11.5 Å². The van der Waals surface area contributed by atoms with Gasteiger partial charge in [-0.1, -0.05) is 0 Å². The number of likely N-dealkylation sites (N-methyl/N-ethyl adjacent to an activating group) is 1. The number of hydrogen-bond acceptors (Lipinski definition) is 4. The molecule has 1 unspecified atom stereocenters. The van der Waals surface area contributed by atoms with Gasteiger partial charge in [-0.2, -0.15) is 0 Å². The van der Waals surface area contributed by atoms with Crippen LogP contribution < -0.4 is 15.2 Å². The summed E-state index contributed by atoms with van der Waals surface area (Å²) in [6.45, 7) is 3.61. The van der Waals surface area contributed by atoms with E-state index in [1.54, 1.807) is 24.1 Å². The van der Waals surface area contributed by atoms with Gasteiger partial charge < -0.3 is 20.1 Å². The summed E-state index contributed by atoms with van der Waals surface area (Å²) in [5.41, 5.74) is 5.97. The lowest BCUT2D eigenvalue weighted by atomic mass is 10.1. The van der Waals surface area contributed by atoms with E-state index >= 15 is 0 Å². The quantitative estimate of drug-likeness (QED) is 0.832. The fraction of sp³-hybridized carbons (Fsp3) is 0.500. The number of amides is 1. The zero-order chi connectivity index (χ0) is 13.8. The number of ether oxygens (including phenoxy) is 2. The normalized spacial score (nSPS) is 18.6. The molecule has 0 aromatic heterocycles. The van der Waals surface area contributed by atoms with Crippen LogP contribution in [0, 0.1) is 0 Å². The highest BCUT2D eigenvalue weighted by molar-refractivity contribution is 5.97. The molecule has 1 aliphatic rings. The summed E-state index contributed by atoms with van der Waals surface area (Å²) in [6.07, 6.45) is 0.790. The van der Waals surface area contributed by atoms with Crippen molar-refractivity contribution < 1.29 is 14.3 Å². The van der Waals surface area contributed by atoms with Gasteiger partial charge in [0.05, 0.1) is 18.2 Å². The molecule has 0 saturated carbocycles. The second-order valence-corrected chi connectivity index (χ2v) is 4.72. The third-order valence-corrected chi connectivity index (χ3v) is 3.26. The van der Waals surface area contributed by atoms with Crippen molar-refractivity contribution >= 4 is 5.91 Å². The lowest BCUT2D eigenvalue weighted by Gasteiger charge is -2.20. The van der Waals surface area contributed by atoms with Gasteiger partial charge in [-0.25, -0.2) is 0 Å². The van der Waals surface area contributed by atoms with Crippen LogP contribution in [0.3, 0.4) is 0 Å². The van der Waals surface area contributed by atoms with Gasteiger partial charge >= 0.3 is 0 Å². The highest BCUT2D eigenvalue weighted by Gasteiger charge is 2.25. The Kier molecular flexibility index (Phi) is 4.27. The molecule has 5 heteroatoms. The number of rotatable bonds is 4. The molecule has 1 aromatic carbocycles. The number of carbonyl (C=O) groups excluding carboxylic acids is 1. The molecule has 1 heterocycles. The lowest BCUT2D eigenvalue weighted by molar-refractivity contribution is 0.0732. The first-order valence-corrected chi connectivity index (χ1v) is 6.50. The van der Waals surface area contributed by atoms with Crippen LogP contribution in [0.4, 0.5) is 0 Å². The summed E-state index contributed by atoms with van der Waals surface area (Å²) in [6, 6.07) is 5.40. The fourth-order valence-corrected chi connectivity index (χ4v) is 1.88. The maximum absolute atomic E-state index is 12.3. The summed E-state index contributed by atoms with van der Waals surface area (Å²) >= 11 is 0. The molecule has 5 nitrogen and oxygen atoms in total. The molecule has 1 aromatic rings. The van der Waals surface area contributed by atoms with Crippen molar-refractivity contribution in [2.45, 2.75) is 19.4 Å². The Balaban J connectivity index is 2.21. The average Bonchev–Trinajstić information content (AvgIpc) is 2.52. The molecule has 0 spiro atoms. The second kappa shape index (κ2) is 5.93. The van der Waals surface area contributed by atoms with Crippen molar-refractivity contribution in [3.8, 4) is 11.5 Å². The van der Waals surface area contributed by atoms with Gasteiger partial charge in [0.25, 0.3) is 5.91 Å². The zero-order valence-corrected chi connectivity index (χ0v) is 11.4. The van der Waals surface area contributed by atoms with Gasteiger partial charge in [0.1, 0.15) is 18.1 Å². The van der Waals surface area contributed by atoms with Crippen molar-refractivity contribution in [3.05, 3.63) is 23.8 Å². The molecule has 1 amide bonds. The zero-order valence-electron chi connectivity index (χ0n) is 11.4. The standard InChI is InChI=1S/C14H20N2O3/c1-10-9-19-13-5-4-11(18-7-3-6-15)8-12(13)14(17)16(10)2/h4-5,8,10H,3,6-7,9,15H2,1-2H3. The van der Waals surface area contributed by atoms with Gasteiger partial charge in [-0.3, -0.25) is 4.79 Å². The summed E-state index contributed by atoms with van der Waals surface area (Å²) < 4.78 is 11.2. The lowest BCUT2D eigenvalue weighted by Crippen LogP contribution is -2.36. The van der Waals surface area contributed by atoms with Crippen molar-refractivity contribution in [1.82, 2.24) is 4.90 Å². The van der Waals surface area contributed by atoms with Crippen LogP contribution in [-0.2, 0) is 0 Å². The number of benzene rings is 1. The van der Waals surface area contributed by atoms with Crippen LogP contribution in [0.1, 0.15) is 23.7 Å². The minimum absolute atomic E-state index is 0.0377. The number of nitrogens with two attached hydrogens (primary N) is 1. The maximum Gasteiger partial charge on any atom is 0.257 e. The number of fused-ring (bicyclic) bond motifs is 1. The Morgan fingerprint density at radius 3 is 3.05 bits per heavy atom. The fourth-order valence-electron chi connectivity index (χ4n) is 1.88. The molecule has 2 N–H and O–H groups in total. The number of nitrogens with zero attached hydrogens (tertiary/aromatic N) is 1. The predicted molar refractivity (Wildman–Crippen MR) is 72.7 cm³/mol. The van der Waals surface area contributed by atoms with Crippen LogP contribution >= 0.6 is 0 Å². The van der Waals surface area contributed by atoms with E-state index in [-0.39, 0.29) is 11.9 Å². The molecule has 1 atom stereocenters. The third-order valence-electron chi connectivity index (χ3n) is 3.26. The van der Waals surface area contributed by atoms with Crippen LogP contribution in [0.25, 0.3) is 0 Å². The Morgan fingerprint density at radius 1 is 1.53 bits per heavy atom. The Labute approximate surface area is 113 Å². The highest BCUT2D eigenvalue weighted by atomic mass is 16.5. The number of carbonyl (C=O) groups is 1. The van der Waals surface area contributed by atoms with E-state index in [4.69, 9.17) is 15.2 Å². The molecule has 0 fully saturated rings. The summed E-state index contributed by atoms with van der Waals surface area (Å²) in [4.78, 5) is 14.0. The van der Waals surface area contributed by atoms with Crippen molar-refractivity contribution in [2.75, 3.05) is 26.8 Å². The Bertz CT molecular complexity index is 462. The minimum atomic E-state index is -0.0377. The van der Waals surface area contributed by atoms with Crippen molar-refractivity contribution in [3.63, 3.8) is 0 Å². The Hall–Kier alpha value is -1.75. The van der Waals surface area contributed by atoms with Crippen LogP contribution in [0.2, 0.25) is 0 Å². The molecule has 0 bridgehead atoms. The highest BCUT2D eigenvalue weighted by Crippen LogP contribution is 2.28. The van der Waals surface area contributed by atoms with E-state index in [1.165, 1.54) is 0 Å². The topological polar surface area (TPSA) is 64.8 Å². The van der Waals surface area contributed by atoms with Gasteiger partial charge in [-0.05, 0) is 38.1 Å². The SMILES string of the molecule is CC1COc2ccc(OCCCN)cc2C(=O)N1C. The van der Waals surface area contributed by atoms with E-state index in [2.05, 4.69) is 0 Å². The van der Waals surface area contributed by atoms with Crippen molar-refractivity contribution in [1.29, 1.82) is 0 Å². The first-order chi connectivity index (χ1) is 9.13.